The van der Waals surface area contributed by atoms with Crippen LogP contribution < -0.4 is 10.1 Å². The van der Waals surface area contributed by atoms with Gasteiger partial charge in [-0.1, -0.05) is 60.7 Å². The molecule has 1 N–H and O–H groups in total. The molecule has 0 saturated carbocycles. The lowest BCUT2D eigenvalue weighted by atomic mass is 10.0. The lowest BCUT2D eigenvalue weighted by molar-refractivity contribution is -0.139. The minimum atomic E-state index is -1.15. The zero-order valence-corrected chi connectivity index (χ0v) is 20.2. The Morgan fingerprint density at radius 1 is 0.838 bits per heavy atom. The molecule has 37 heavy (non-hydrogen) atoms. The third-order valence-corrected chi connectivity index (χ3v) is 5.92. The summed E-state index contributed by atoms with van der Waals surface area (Å²) in [5.74, 6) is -1.25. The van der Waals surface area contributed by atoms with Crippen LogP contribution in [-0.4, -0.2) is 23.8 Å². The van der Waals surface area contributed by atoms with E-state index in [0.29, 0.717) is 17.0 Å². The van der Waals surface area contributed by atoms with Gasteiger partial charge in [0, 0.05) is 17.8 Å². The fraction of sp³-hybridized carbons (Fsp3) is 0.133. The van der Waals surface area contributed by atoms with Gasteiger partial charge in [0.2, 0.25) is 5.91 Å². The first kappa shape index (κ1) is 25.6. The maximum Gasteiger partial charge on any atom is 0.251 e. The van der Waals surface area contributed by atoms with Gasteiger partial charge in [-0.05, 0) is 53.6 Å². The van der Waals surface area contributed by atoms with Crippen LogP contribution in [0.25, 0.3) is 0 Å². The Balaban J connectivity index is 1.74. The van der Waals surface area contributed by atoms with Crippen LogP contribution in [0.3, 0.4) is 0 Å². The van der Waals surface area contributed by atoms with Crippen molar-refractivity contribution in [2.24, 2.45) is 0 Å². The summed E-state index contributed by atoms with van der Waals surface area (Å²) in [6, 6.07) is 26.1. The van der Waals surface area contributed by atoms with Crippen LogP contribution in [0.1, 0.15) is 22.7 Å². The molecule has 0 aromatic heterocycles. The highest BCUT2D eigenvalue weighted by molar-refractivity contribution is 5.98. The lowest BCUT2D eigenvalue weighted by Gasteiger charge is -2.32. The van der Waals surface area contributed by atoms with Crippen molar-refractivity contribution in [3.05, 3.63) is 131 Å². The van der Waals surface area contributed by atoms with Crippen molar-refractivity contribution >= 4 is 17.5 Å². The maximum atomic E-state index is 14.7. The molecule has 1 unspecified atom stereocenters. The Labute approximate surface area is 214 Å². The normalized spacial score (nSPS) is 11.4. The summed E-state index contributed by atoms with van der Waals surface area (Å²) in [4.78, 5) is 28.7. The van der Waals surface area contributed by atoms with Crippen molar-refractivity contribution in [1.82, 2.24) is 4.90 Å². The first-order chi connectivity index (χ1) is 17.9. The molecule has 1 atom stereocenters. The number of anilines is 1. The van der Waals surface area contributed by atoms with E-state index in [-0.39, 0.29) is 24.4 Å². The third kappa shape index (κ3) is 6.58. The number of halogens is 2. The van der Waals surface area contributed by atoms with Crippen LogP contribution >= 0.6 is 0 Å². The molecule has 0 saturated heterocycles. The van der Waals surface area contributed by atoms with Gasteiger partial charge in [-0.25, -0.2) is 8.78 Å². The van der Waals surface area contributed by atoms with Gasteiger partial charge in [-0.15, -0.1) is 0 Å². The predicted molar refractivity (Wildman–Crippen MR) is 138 cm³/mol. The summed E-state index contributed by atoms with van der Waals surface area (Å²) in [7, 11) is 1.54. The van der Waals surface area contributed by atoms with Crippen LogP contribution in [-0.2, 0) is 22.6 Å². The van der Waals surface area contributed by atoms with Crippen LogP contribution in [0.15, 0.2) is 103 Å². The second kappa shape index (κ2) is 11.9. The fourth-order valence-corrected chi connectivity index (χ4v) is 4.01. The second-order valence-electron chi connectivity index (χ2n) is 8.45. The summed E-state index contributed by atoms with van der Waals surface area (Å²) < 4.78 is 33.6. The Kier molecular flexibility index (Phi) is 8.26. The Morgan fingerprint density at radius 2 is 1.49 bits per heavy atom. The Morgan fingerprint density at radius 3 is 2.14 bits per heavy atom. The molecule has 4 rings (SSSR count). The molecule has 0 spiro atoms. The lowest BCUT2D eigenvalue weighted by Crippen LogP contribution is -2.41. The van der Waals surface area contributed by atoms with Gasteiger partial charge >= 0.3 is 0 Å². The average Bonchev–Trinajstić information content (AvgIpc) is 2.91. The molecular formula is C30H26F2N2O3. The Hall–Kier alpha value is -4.52. The summed E-state index contributed by atoms with van der Waals surface area (Å²) in [5.41, 5.74) is 1.89. The van der Waals surface area contributed by atoms with Crippen molar-refractivity contribution in [2.75, 3.05) is 12.4 Å². The van der Waals surface area contributed by atoms with Gasteiger partial charge in [0.25, 0.3) is 5.91 Å². The fourth-order valence-electron chi connectivity index (χ4n) is 4.01. The number of hydrogen-bond acceptors (Lipinski definition) is 3. The number of carbonyl (C=O) groups excluding carboxylic acids is 2. The molecule has 0 bridgehead atoms. The molecule has 0 aliphatic carbocycles. The minimum Gasteiger partial charge on any atom is -0.497 e. The van der Waals surface area contributed by atoms with E-state index in [1.165, 1.54) is 42.3 Å². The third-order valence-electron chi connectivity index (χ3n) is 5.92. The van der Waals surface area contributed by atoms with Crippen LogP contribution in [0.2, 0.25) is 0 Å². The van der Waals surface area contributed by atoms with Gasteiger partial charge < -0.3 is 15.0 Å². The number of hydrogen-bond donors (Lipinski definition) is 1. The number of nitrogens with zero attached hydrogens (tertiary/aromatic N) is 1. The van der Waals surface area contributed by atoms with Gasteiger partial charge in [-0.2, -0.15) is 0 Å². The molecule has 0 aliphatic heterocycles. The van der Waals surface area contributed by atoms with Gasteiger partial charge in [0.15, 0.2) is 0 Å². The first-order valence-corrected chi connectivity index (χ1v) is 11.7. The average molecular weight is 501 g/mol. The number of amides is 2. The van der Waals surface area contributed by atoms with Crippen LogP contribution in [0.4, 0.5) is 14.5 Å². The first-order valence-electron chi connectivity index (χ1n) is 11.7. The summed E-state index contributed by atoms with van der Waals surface area (Å²) in [6.45, 7) is -0.156. The topological polar surface area (TPSA) is 58.6 Å². The molecule has 0 fully saturated rings. The molecule has 0 aliphatic rings. The van der Waals surface area contributed by atoms with Crippen molar-refractivity contribution in [3.63, 3.8) is 0 Å². The van der Waals surface area contributed by atoms with E-state index in [1.54, 1.807) is 42.5 Å². The highest BCUT2D eigenvalue weighted by Crippen LogP contribution is 2.28. The zero-order valence-electron chi connectivity index (χ0n) is 20.2. The monoisotopic (exact) mass is 500 g/mol. The quantitative estimate of drug-likeness (QED) is 0.310. The van der Waals surface area contributed by atoms with Crippen LogP contribution in [0.5, 0.6) is 5.75 Å². The van der Waals surface area contributed by atoms with Gasteiger partial charge in [-0.3, -0.25) is 9.59 Å². The number of nitrogens with one attached hydrogen (secondary N) is 1. The van der Waals surface area contributed by atoms with Crippen molar-refractivity contribution in [2.45, 2.75) is 19.0 Å². The van der Waals surface area contributed by atoms with E-state index in [0.717, 1.165) is 5.56 Å². The van der Waals surface area contributed by atoms with E-state index in [9.17, 15) is 18.4 Å². The summed E-state index contributed by atoms with van der Waals surface area (Å²) in [5, 5.41) is 2.83. The molecule has 2 amide bonds. The molecule has 188 valence electrons. The molecule has 0 radical (unpaired) electrons. The van der Waals surface area contributed by atoms with Crippen molar-refractivity contribution in [1.29, 1.82) is 0 Å². The SMILES string of the molecule is COc1ccc(NC(=O)C(c2ccc(F)cc2)N(Cc2ccccc2F)C(=O)Cc2ccccc2)cc1. The largest absolute Gasteiger partial charge is 0.497 e. The van der Waals surface area contributed by atoms with E-state index in [2.05, 4.69) is 5.32 Å². The Bertz CT molecular complexity index is 1340. The molecule has 0 heterocycles. The van der Waals surface area contributed by atoms with E-state index >= 15 is 0 Å². The molecular weight excluding hydrogens is 474 g/mol. The second-order valence-corrected chi connectivity index (χ2v) is 8.45. The smallest absolute Gasteiger partial charge is 0.251 e. The minimum absolute atomic E-state index is 0.00278. The number of carbonyl (C=O) groups is 2. The molecule has 4 aromatic rings. The molecule has 4 aromatic carbocycles. The highest BCUT2D eigenvalue weighted by atomic mass is 19.1. The molecule has 5 nitrogen and oxygen atoms in total. The van der Waals surface area contributed by atoms with Crippen LogP contribution in [0, 0.1) is 11.6 Å². The zero-order chi connectivity index (χ0) is 26.2. The number of benzene rings is 4. The maximum absolute atomic E-state index is 14.7. The number of methoxy groups -OCH3 is 1. The standard InChI is InChI=1S/C30H26F2N2O3/c1-37-26-17-15-25(16-18-26)33-30(36)29(22-11-13-24(31)14-12-22)34(20-23-9-5-6-10-27(23)32)28(35)19-21-7-3-2-4-8-21/h2-18,29H,19-20H2,1H3,(H,33,36). The van der Waals surface area contributed by atoms with Gasteiger partial charge in [0.05, 0.1) is 13.5 Å². The van der Waals surface area contributed by atoms with Crippen molar-refractivity contribution in [3.8, 4) is 5.75 Å². The number of ether oxygens (including phenoxy) is 1. The summed E-state index contributed by atoms with van der Waals surface area (Å²) in [6.07, 6.45) is 0.00278. The number of rotatable bonds is 9. The predicted octanol–water partition coefficient (Wildman–Crippen LogP) is 5.92. The van der Waals surface area contributed by atoms with E-state index < -0.39 is 23.6 Å². The van der Waals surface area contributed by atoms with Gasteiger partial charge in [0.1, 0.15) is 23.4 Å². The molecule has 7 heteroatoms. The van der Waals surface area contributed by atoms with Crippen molar-refractivity contribution < 1.29 is 23.1 Å². The highest BCUT2D eigenvalue weighted by Gasteiger charge is 2.32. The van der Waals surface area contributed by atoms with E-state index in [1.807, 2.05) is 30.3 Å². The van der Waals surface area contributed by atoms with E-state index in [4.69, 9.17) is 4.74 Å². The summed E-state index contributed by atoms with van der Waals surface area (Å²) >= 11 is 0.